The Hall–Kier alpha value is -4.19. The SMILES string of the molecule is CC(=O)Nc1cccc(-n2cnnc2SCC(=O)Nc2cc(C(N)=O)cc(C(N)=O)c2)c1. The van der Waals surface area contributed by atoms with E-state index in [0.29, 0.717) is 16.5 Å². The number of nitrogens with zero attached hydrogens (tertiary/aromatic N) is 3. The van der Waals surface area contributed by atoms with Gasteiger partial charge < -0.3 is 22.1 Å². The molecular formula is C20H19N7O4S. The van der Waals surface area contributed by atoms with Crippen LogP contribution >= 0.6 is 11.8 Å². The Labute approximate surface area is 186 Å². The molecule has 12 heteroatoms. The van der Waals surface area contributed by atoms with Gasteiger partial charge in [0.2, 0.25) is 23.6 Å². The van der Waals surface area contributed by atoms with Crippen molar-refractivity contribution in [2.24, 2.45) is 11.5 Å². The van der Waals surface area contributed by atoms with Gasteiger partial charge in [-0.3, -0.25) is 23.7 Å². The van der Waals surface area contributed by atoms with E-state index in [1.54, 1.807) is 28.8 Å². The van der Waals surface area contributed by atoms with Gasteiger partial charge in [-0.25, -0.2) is 0 Å². The van der Waals surface area contributed by atoms with Gasteiger partial charge in [0, 0.05) is 29.4 Å². The van der Waals surface area contributed by atoms with E-state index in [1.807, 2.05) is 0 Å². The predicted octanol–water partition coefficient (Wildman–Crippen LogP) is 1.15. The van der Waals surface area contributed by atoms with Crippen molar-refractivity contribution in [1.29, 1.82) is 0 Å². The largest absolute Gasteiger partial charge is 0.366 e. The molecule has 0 saturated heterocycles. The Bertz CT molecular complexity index is 1180. The molecule has 4 amide bonds. The molecule has 6 N–H and O–H groups in total. The number of hydrogen-bond acceptors (Lipinski definition) is 7. The van der Waals surface area contributed by atoms with E-state index in [-0.39, 0.29) is 28.5 Å². The van der Waals surface area contributed by atoms with Crippen molar-refractivity contribution in [2.75, 3.05) is 16.4 Å². The molecule has 0 spiro atoms. The molecule has 32 heavy (non-hydrogen) atoms. The first kappa shape index (κ1) is 22.5. The van der Waals surface area contributed by atoms with Crippen LogP contribution in [0.5, 0.6) is 0 Å². The molecule has 164 valence electrons. The van der Waals surface area contributed by atoms with Crippen molar-refractivity contribution >= 4 is 46.8 Å². The summed E-state index contributed by atoms with van der Waals surface area (Å²) < 4.78 is 1.67. The zero-order chi connectivity index (χ0) is 23.3. The lowest BCUT2D eigenvalue weighted by atomic mass is 10.1. The number of carbonyl (C=O) groups is 4. The zero-order valence-corrected chi connectivity index (χ0v) is 17.7. The smallest absolute Gasteiger partial charge is 0.248 e. The molecule has 0 bridgehead atoms. The molecule has 0 aliphatic carbocycles. The fourth-order valence-corrected chi connectivity index (χ4v) is 3.48. The van der Waals surface area contributed by atoms with Crippen LogP contribution in [0.15, 0.2) is 53.9 Å². The monoisotopic (exact) mass is 453 g/mol. The number of amides is 4. The highest BCUT2D eigenvalue weighted by molar-refractivity contribution is 7.99. The van der Waals surface area contributed by atoms with Crippen molar-refractivity contribution in [3.05, 3.63) is 59.9 Å². The summed E-state index contributed by atoms with van der Waals surface area (Å²) in [6.07, 6.45) is 1.49. The zero-order valence-electron chi connectivity index (χ0n) is 16.9. The molecule has 0 saturated carbocycles. The van der Waals surface area contributed by atoms with Crippen LogP contribution in [0.2, 0.25) is 0 Å². The number of carbonyl (C=O) groups excluding carboxylic acids is 4. The minimum absolute atomic E-state index is 0.0310. The molecule has 1 aromatic heterocycles. The summed E-state index contributed by atoms with van der Waals surface area (Å²) in [5.74, 6) is -2.15. The summed E-state index contributed by atoms with van der Waals surface area (Å²) in [7, 11) is 0. The van der Waals surface area contributed by atoms with Gasteiger partial charge in [-0.05, 0) is 36.4 Å². The second-order valence-corrected chi connectivity index (χ2v) is 7.52. The van der Waals surface area contributed by atoms with Crippen LogP contribution in [0.4, 0.5) is 11.4 Å². The van der Waals surface area contributed by atoms with E-state index in [2.05, 4.69) is 20.8 Å². The van der Waals surface area contributed by atoms with Gasteiger partial charge in [0.15, 0.2) is 5.16 Å². The van der Waals surface area contributed by atoms with Crippen LogP contribution in [0.1, 0.15) is 27.6 Å². The standard InChI is InChI=1S/C20H19N7O4S/c1-11(28)24-14-3-2-4-16(8-14)27-10-23-26-20(27)32-9-17(29)25-15-6-12(18(21)30)5-13(7-15)19(22)31/h2-8,10H,9H2,1H3,(H2,21,30)(H2,22,31)(H,24,28)(H,25,29). The van der Waals surface area contributed by atoms with Crippen molar-refractivity contribution in [1.82, 2.24) is 14.8 Å². The maximum atomic E-state index is 12.4. The summed E-state index contributed by atoms with van der Waals surface area (Å²) in [5.41, 5.74) is 12.1. The van der Waals surface area contributed by atoms with Gasteiger partial charge in [-0.1, -0.05) is 17.8 Å². The van der Waals surface area contributed by atoms with Crippen molar-refractivity contribution in [3.63, 3.8) is 0 Å². The lowest BCUT2D eigenvalue weighted by molar-refractivity contribution is -0.114. The lowest BCUT2D eigenvalue weighted by Crippen LogP contribution is -2.19. The Balaban J connectivity index is 1.71. The maximum Gasteiger partial charge on any atom is 0.248 e. The Kier molecular flexibility index (Phi) is 6.85. The van der Waals surface area contributed by atoms with E-state index >= 15 is 0 Å². The number of nitrogens with two attached hydrogens (primary N) is 2. The summed E-state index contributed by atoms with van der Waals surface area (Å²) in [4.78, 5) is 46.6. The second-order valence-electron chi connectivity index (χ2n) is 6.58. The molecule has 0 aliphatic heterocycles. The normalized spacial score (nSPS) is 10.4. The van der Waals surface area contributed by atoms with E-state index < -0.39 is 17.7 Å². The highest BCUT2D eigenvalue weighted by Gasteiger charge is 2.14. The summed E-state index contributed by atoms with van der Waals surface area (Å²) in [6.45, 7) is 1.41. The fraction of sp³-hybridized carbons (Fsp3) is 0.100. The Morgan fingerprint density at radius 3 is 2.28 bits per heavy atom. The highest BCUT2D eigenvalue weighted by atomic mass is 32.2. The van der Waals surface area contributed by atoms with Crippen LogP contribution < -0.4 is 22.1 Å². The van der Waals surface area contributed by atoms with Crippen LogP contribution in [0, 0.1) is 0 Å². The predicted molar refractivity (Wildman–Crippen MR) is 118 cm³/mol. The van der Waals surface area contributed by atoms with Crippen LogP contribution in [-0.2, 0) is 9.59 Å². The number of primary amides is 2. The van der Waals surface area contributed by atoms with Gasteiger partial charge in [0.25, 0.3) is 0 Å². The molecule has 0 fully saturated rings. The van der Waals surface area contributed by atoms with Crippen molar-refractivity contribution in [3.8, 4) is 5.69 Å². The molecule has 1 heterocycles. The van der Waals surface area contributed by atoms with Crippen LogP contribution in [0.3, 0.4) is 0 Å². The van der Waals surface area contributed by atoms with Crippen LogP contribution in [0.25, 0.3) is 5.69 Å². The Morgan fingerprint density at radius 2 is 1.66 bits per heavy atom. The van der Waals surface area contributed by atoms with Gasteiger partial charge in [-0.15, -0.1) is 10.2 Å². The van der Waals surface area contributed by atoms with Gasteiger partial charge in [0.05, 0.1) is 11.4 Å². The van der Waals surface area contributed by atoms with E-state index in [9.17, 15) is 19.2 Å². The highest BCUT2D eigenvalue weighted by Crippen LogP contribution is 2.22. The average Bonchev–Trinajstić information content (AvgIpc) is 3.20. The fourth-order valence-electron chi connectivity index (χ4n) is 2.75. The van der Waals surface area contributed by atoms with Crippen molar-refractivity contribution in [2.45, 2.75) is 12.1 Å². The number of aromatic nitrogens is 3. The molecular weight excluding hydrogens is 434 g/mol. The molecule has 0 radical (unpaired) electrons. The number of hydrogen-bond donors (Lipinski definition) is 4. The average molecular weight is 453 g/mol. The third kappa shape index (κ3) is 5.70. The van der Waals surface area contributed by atoms with Crippen LogP contribution in [-0.4, -0.2) is 44.1 Å². The molecule has 0 unspecified atom stereocenters. The number of benzene rings is 2. The van der Waals surface area contributed by atoms with E-state index in [4.69, 9.17) is 11.5 Å². The number of thioether (sulfide) groups is 1. The molecule has 0 aliphatic rings. The second kappa shape index (κ2) is 9.75. The molecule has 11 nitrogen and oxygen atoms in total. The maximum absolute atomic E-state index is 12.4. The van der Waals surface area contributed by atoms with Crippen molar-refractivity contribution < 1.29 is 19.2 Å². The molecule has 2 aromatic carbocycles. The molecule has 0 atom stereocenters. The first-order valence-electron chi connectivity index (χ1n) is 9.18. The first-order chi connectivity index (χ1) is 15.2. The topological polar surface area (TPSA) is 175 Å². The summed E-state index contributed by atoms with van der Waals surface area (Å²) >= 11 is 1.12. The molecule has 3 aromatic rings. The molecule has 3 rings (SSSR count). The van der Waals surface area contributed by atoms with Gasteiger partial charge in [0.1, 0.15) is 6.33 Å². The van der Waals surface area contributed by atoms with E-state index in [0.717, 1.165) is 11.8 Å². The summed E-state index contributed by atoms with van der Waals surface area (Å²) in [6, 6.07) is 11.0. The third-order valence-corrected chi connectivity index (χ3v) is 5.02. The minimum atomic E-state index is -0.757. The number of rotatable bonds is 8. The number of anilines is 2. The lowest BCUT2D eigenvalue weighted by Gasteiger charge is -2.10. The Morgan fingerprint density at radius 1 is 0.969 bits per heavy atom. The van der Waals surface area contributed by atoms with Gasteiger partial charge in [-0.2, -0.15) is 0 Å². The summed E-state index contributed by atoms with van der Waals surface area (Å²) in [5, 5.41) is 13.7. The van der Waals surface area contributed by atoms with E-state index in [1.165, 1.54) is 31.5 Å². The van der Waals surface area contributed by atoms with Gasteiger partial charge >= 0.3 is 0 Å². The third-order valence-electron chi connectivity index (χ3n) is 4.08. The minimum Gasteiger partial charge on any atom is -0.366 e. The number of nitrogens with one attached hydrogen (secondary N) is 2. The first-order valence-corrected chi connectivity index (χ1v) is 10.2. The quantitative estimate of drug-likeness (QED) is 0.370.